The van der Waals surface area contributed by atoms with E-state index in [0.29, 0.717) is 5.92 Å². The molecular weight excluding hydrogens is 236 g/mol. The number of carbonyl (C=O) groups excluding carboxylic acids is 1. The quantitative estimate of drug-likeness (QED) is 0.395. The van der Waals surface area contributed by atoms with Crippen LogP contribution in [0.3, 0.4) is 0 Å². The van der Waals surface area contributed by atoms with Crippen LogP contribution in [0.4, 0.5) is 0 Å². The topological polar surface area (TPSA) is 26.3 Å². The highest BCUT2D eigenvalue weighted by atomic mass is 16.5. The predicted octanol–water partition coefficient (Wildman–Crippen LogP) is 5.35. The van der Waals surface area contributed by atoms with E-state index in [1.165, 1.54) is 32.1 Å². The van der Waals surface area contributed by atoms with Gasteiger partial charge in [-0.2, -0.15) is 0 Å². The average Bonchev–Trinajstić information content (AvgIpc) is 2.33. The van der Waals surface area contributed by atoms with Crippen LogP contribution in [0.5, 0.6) is 0 Å². The van der Waals surface area contributed by atoms with E-state index in [1.807, 2.05) is 20.8 Å². The van der Waals surface area contributed by atoms with E-state index in [0.717, 1.165) is 12.8 Å². The Kier molecular flexibility index (Phi) is 9.12. The van der Waals surface area contributed by atoms with Crippen LogP contribution in [0.1, 0.15) is 86.5 Å². The fourth-order valence-corrected chi connectivity index (χ4v) is 1.91. The lowest BCUT2D eigenvalue weighted by molar-refractivity contribution is -0.161. The Morgan fingerprint density at radius 1 is 1.00 bits per heavy atom. The standard InChI is InChI=1S/C17H34O2/c1-7-8-9-10-11-12-13-17(5,6)16(18)19-15(4)14(2)3/h14-15H,7-13H2,1-6H3. The van der Waals surface area contributed by atoms with Gasteiger partial charge in [-0.15, -0.1) is 0 Å². The highest BCUT2D eigenvalue weighted by Crippen LogP contribution is 2.27. The third-order valence-corrected chi connectivity index (χ3v) is 3.94. The normalized spacial score (nSPS) is 13.6. The molecule has 114 valence electrons. The minimum atomic E-state index is -0.339. The van der Waals surface area contributed by atoms with Gasteiger partial charge in [-0.1, -0.05) is 59.3 Å². The summed E-state index contributed by atoms with van der Waals surface area (Å²) in [4.78, 5) is 12.1. The molecule has 0 aromatic rings. The van der Waals surface area contributed by atoms with E-state index in [1.54, 1.807) is 0 Å². The van der Waals surface area contributed by atoms with Gasteiger partial charge in [0.1, 0.15) is 6.10 Å². The van der Waals surface area contributed by atoms with Crippen molar-refractivity contribution in [1.29, 1.82) is 0 Å². The summed E-state index contributed by atoms with van der Waals surface area (Å²) in [6.07, 6.45) is 8.53. The fraction of sp³-hybridized carbons (Fsp3) is 0.941. The van der Waals surface area contributed by atoms with Crippen molar-refractivity contribution in [2.24, 2.45) is 11.3 Å². The summed E-state index contributed by atoms with van der Waals surface area (Å²) in [6.45, 7) is 12.4. The molecule has 0 saturated heterocycles. The van der Waals surface area contributed by atoms with E-state index in [4.69, 9.17) is 4.74 Å². The van der Waals surface area contributed by atoms with Gasteiger partial charge >= 0.3 is 5.97 Å². The molecule has 0 bridgehead atoms. The van der Waals surface area contributed by atoms with Gasteiger partial charge in [0.2, 0.25) is 0 Å². The number of hydrogen-bond acceptors (Lipinski definition) is 2. The van der Waals surface area contributed by atoms with Gasteiger partial charge in [0.25, 0.3) is 0 Å². The number of unbranched alkanes of at least 4 members (excludes halogenated alkanes) is 5. The Labute approximate surface area is 120 Å². The van der Waals surface area contributed by atoms with Crippen molar-refractivity contribution in [2.45, 2.75) is 92.6 Å². The smallest absolute Gasteiger partial charge is 0.311 e. The summed E-state index contributed by atoms with van der Waals surface area (Å²) in [5, 5.41) is 0. The first-order valence-electron chi connectivity index (χ1n) is 8.02. The Balaban J connectivity index is 3.92. The van der Waals surface area contributed by atoms with Gasteiger partial charge in [0.15, 0.2) is 0 Å². The van der Waals surface area contributed by atoms with Gasteiger partial charge in [0.05, 0.1) is 5.41 Å². The van der Waals surface area contributed by atoms with E-state index >= 15 is 0 Å². The van der Waals surface area contributed by atoms with Crippen molar-refractivity contribution in [3.63, 3.8) is 0 Å². The summed E-state index contributed by atoms with van der Waals surface area (Å²) in [7, 11) is 0. The lowest BCUT2D eigenvalue weighted by Crippen LogP contribution is -2.31. The molecule has 0 amide bonds. The van der Waals surface area contributed by atoms with Crippen LogP contribution in [0.15, 0.2) is 0 Å². The molecule has 0 N–H and O–H groups in total. The van der Waals surface area contributed by atoms with Crippen LogP contribution in [-0.2, 0) is 9.53 Å². The molecule has 1 atom stereocenters. The van der Waals surface area contributed by atoms with E-state index in [-0.39, 0.29) is 17.5 Å². The predicted molar refractivity (Wildman–Crippen MR) is 82.2 cm³/mol. The second-order valence-corrected chi connectivity index (χ2v) is 6.76. The summed E-state index contributed by atoms with van der Waals surface area (Å²) >= 11 is 0. The molecule has 0 radical (unpaired) electrons. The summed E-state index contributed by atoms with van der Waals surface area (Å²) < 4.78 is 5.53. The van der Waals surface area contributed by atoms with Crippen LogP contribution in [-0.4, -0.2) is 12.1 Å². The van der Waals surface area contributed by atoms with E-state index in [2.05, 4.69) is 20.8 Å². The molecule has 0 aromatic carbocycles. The van der Waals surface area contributed by atoms with Gasteiger partial charge in [0, 0.05) is 0 Å². The Morgan fingerprint density at radius 3 is 2.05 bits per heavy atom. The summed E-state index contributed by atoms with van der Waals surface area (Å²) in [5.41, 5.74) is -0.339. The van der Waals surface area contributed by atoms with Crippen molar-refractivity contribution in [1.82, 2.24) is 0 Å². The molecule has 0 aliphatic carbocycles. The maximum absolute atomic E-state index is 12.1. The number of rotatable bonds is 10. The third-order valence-electron chi connectivity index (χ3n) is 3.94. The van der Waals surface area contributed by atoms with Gasteiger partial charge in [-0.25, -0.2) is 0 Å². The molecule has 19 heavy (non-hydrogen) atoms. The molecule has 0 rings (SSSR count). The molecule has 2 nitrogen and oxygen atoms in total. The second-order valence-electron chi connectivity index (χ2n) is 6.76. The number of hydrogen-bond donors (Lipinski definition) is 0. The number of esters is 1. The van der Waals surface area contributed by atoms with Gasteiger partial charge < -0.3 is 4.74 Å². The Morgan fingerprint density at radius 2 is 1.53 bits per heavy atom. The SMILES string of the molecule is CCCCCCCCC(C)(C)C(=O)OC(C)C(C)C. The average molecular weight is 270 g/mol. The molecule has 0 fully saturated rings. The van der Waals surface area contributed by atoms with E-state index < -0.39 is 0 Å². The minimum absolute atomic E-state index is 0.0105. The summed E-state index contributed by atoms with van der Waals surface area (Å²) in [6, 6.07) is 0. The van der Waals surface area contributed by atoms with Crippen LogP contribution < -0.4 is 0 Å². The van der Waals surface area contributed by atoms with Gasteiger partial charge in [-0.05, 0) is 33.1 Å². The molecule has 0 aromatic heterocycles. The fourth-order valence-electron chi connectivity index (χ4n) is 1.91. The molecule has 1 unspecified atom stereocenters. The van der Waals surface area contributed by atoms with Crippen LogP contribution >= 0.6 is 0 Å². The van der Waals surface area contributed by atoms with Crippen molar-refractivity contribution in [3.8, 4) is 0 Å². The minimum Gasteiger partial charge on any atom is -0.462 e. The molecule has 0 heterocycles. The molecule has 0 aliphatic heterocycles. The maximum atomic E-state index is 12.1. The van der Waals surface area contributed by atoms with Crippen molar-refractivity contribution in [2.75, 3.05) is 0 Å². The number of carbonyl (C=O) groups is 1. The van der Waals surface area contributed by atoms with Gasteiger partial charge in [-0.3, -0.25) is 4.79 Å². The van der Waals surface area contributed by atoms with Crippen molar-refractivity contribution >= 4 is 5.97 Å². The lowest BCUT2D eigenvalue weighted by Gasteiger charge is -2.26. The second kappa shape index (κ2) is 9.39. The largest absolute Gasteiger partial charge is 0.462 e. The van der Waals surface area contributed by atoms with Crippen LogP contribution in [0.2, 0.25) is 0 Å². The third kappa shape index (κ3) is 8.28. The highest BCUT2D eigenvalue weighted by molar-refractivity contribution is 5.76. The first kappa shape index (κ1) is 18.5. The molecule has 0 saturated carbocycles. The van der Waals surface area contributed by atoms with E-state index in [9.17, 15) is 4.79 Å². The first-order valence-corrected chi connectivity index (χ1v) is 8.02. The van der Waals surface area contributed by atoms with Crippen LogP contribution in [0, 0.1) is 11.3 Å². The molecule has 2 heteroatoms. The summed E-state index contributed by atoms with van der Waals surface area (Å²) in [5.74, 6) is 0.344. The zero-order valence-corrected chi connectivity index (χ0v) is 13.9. The van der Waals surface area contributed by atoms with Crippen molar-refractivity contribution < 1.29 is 9.53 Å². The van der Waals surface area contributed by atoms with Crippen LogP contribution in [0.25, 0.3) is 0 Å². The van der Waals surface area contributed by atoms with Crippen molar-refractivity contribution in [3.05, 3.63) is 0 Å². The molecule has 0 aliphatic rings. The first-order chi connectivity index (χ1) is 8.81. The monoisotopic (exact) mass is 270 g/mol. The Hall–Kier alpha value is -0.530. The maximum Gasteiger partial charge on any atom is 0.311 e. The number of ether oxygens (including phenoxy) is 1. The zero-order chi connectivity index (χ0) is 14.9. The highest BCUT2D eigenvalue weighted by Gasteiger charge is 2.30. The lowest BCUT2D eigenvalue weighted by atomic mass is 9.86. The zero-order valence-electron chi connectivity index (χ0n) is 13.9. The molecule has 0 spiro atoms. The molecular formula is C17H34O2. The Bertz CT molecular complexity index is 244.